The number of rotatable bonds is 7. The van der Waals surface area contributed by atoms with Crippen molar-refractivity contribution in [3.63, 3.8) is 0 Å². The minimum Gasteiger partial charge on any atom is -0.351 e. The van der Waals surface area contributed by atoms with Crippen molar-refractivity contribution in [2.45, 2.75) is 4.90 Å². The molecular formula is C19H14ClFIN5O6S. The molecular weight excluding hydrogens is 608 g/mol. The van der Waals surface area contributed by atoms with Gasteiger partial charge in [-0.15, -0.1) is 0 Å². The molecule has 3 rings (SSSR count). The summed E-state index contributed by atoms with van der Waals surface area (Å²) in [6, 6.07) is 10.2. The monoisotopic (exact) mass is 621 g/mol. The molecule has 0 spiro atoms. The van der Waals surface area contributed by atoms with Crippen molar-refractivity contribution in [2.75, 3.05) is 10.6 Å². The van der Waals surface area contributed by atoms with E-state index in [1.165, 1.54) is 23.7 Å². The number of anilines is 4. The van der Waals surface area contributed by atoms with E-state index in [2.05, 4.69) is 10.6 Å². The molecule has 0 heterocycles. The minimum atomic E-state index is -3.99. The number of nitrogens with two attached hydrogens (primary N) is 1. The fourth-order valence-corrected chi connectivity index (χ4v) is 4.28. The Kier molecular flexibility index (Phi) is 7.57. The van der Waals surface area contributed by atoms with Gasteiger partial charge in [0.1, 0.15) is 0 Å². The second kappa shape index (κ2) is 10.1. The average Bonchev–Trinajstić information content (AvgIpc) is 2.77. The van der Waals surface area contributed by atoms with E-state index in [0.29, 0.717) is 0 Å². The van der Waals surface area contributed by atoms with Crippen LogP contribution in [0, 0.1) is 19.5 Å². The van der Waals surface area contributed by atoms with Crippen LogP contribution >= 0.6 is 34.2 Å². The number of carbonyl (C=O) groups is 1. The lowest BCUT2D eigenvalue weighted by molar-refractivity contribution is -0.384. The topological polar surface area (TPSA) is 177 Å². The van der Waals surface area contributed by atoms with Gasteiger partial charge in [-0.25, -0.2) is 23.4 Å². The van der Waals surface area contributed by atoms with Crippen LogP contribution in [-0.2, 0) is 10.0 Å². The zero-order valence-corrected chi connectivity index (χ0v) is 20.4. The lowest BCUT2D eigenvalue weighted by atomic mass is 10.1. The second-order valence-corrected chi connectivity index (χ2v) is 9.86. The van der Waals surface area contributed by atoms with Gasteiger partial charge in [0.25, 0.3) is 11.6 Å². The molecule has 0 fully saturated rings. The molecule has 15 heteroatoms. The number of hydrogen-bond donors (Lipinski definition) is 5. The Morgan fingerprint density at radius 1 is 1.12 bits per heavy atom. The van der Waals surface area contributed by atoms with Crippen molar-refractivity contribution in [1.82, 2.24) is 5.48 Å². The number of nitro groups is 1. The van der Waals surface area contributed by atoms with E-state index in [9.17, 15) is 23.3 Å². The normalized spacial score (nSPS) is 11.1. The average molecular weight is 622 g/mol. The molecule has 0 unspecified atom stereocenters. The summed E-state index contributed by atoms with van der Waals surface area (Å²) in [5.74, 6) is -2.45. The molecule has 0 radical (unpaired) electrons. The van der Waals surface area contributed by atoms with Crippen molar-refractivity contribution in [3.05, 3.63) is 78.6 Å². The molecule has 1 amide bonds. The van der Waals surface area contributed by atoms with E-state index in [-0.39, 0.29) is 21.3 Å². The third-order valence-electron chi connectivity index (χ3n) is 4.43. The fourth-order valence-electron chi connectivity index (χ4n) is 2.86. The van der Waals surface area contributed by atoms with Crippen LogP contribution in [0.3, 0.4) is 0 Å². The number of nitrogens with zero attached hydrogens (tertiary/aromatic N) is 1. The fraction of sp³-hybridized carbons (Fsp3) is 0. The van der Waals surface area contributed by atoms with Crippen molar-refractivity contribution in [2.24, 2.45) is 5.14 Å². The van der Waals surface area contributed by atoms with Gasteiger partial charge in [-0.2, -0.15) is 0 Å². The lowest BCUT2D eigenvalue weighted by Crippen LogP contribution is -2.21. The SMILES string of the molecule is NS(=O)(=O)c1ccc(Nc2c([N+](=O)[O-])cc(C(=O)NO)c(Nc3ccc(I)cc3Cl)c2F)cc1. The first kappa shape index (κ1) is 25.6. The number of sulfonamides is 1. The van der Waals surface area contributed by atoms with Crippen LogP contribution in [0.1, 0.15) is 10.4 Å². The molecule has 3 aromatic rings. The number of benzene rings is 3. The van der Waals surface area contributed by atoms with Gasteiger partial charge in [0.15, 0.2) is 11.5 Å². The Morgan fingerprint density at radius 3 is 2.29 bits per heavy atom. The number of primary sulfonamides is 1. The van der Waals surface area contributed by atoms with Gasteiger partial charge in [0.05, 0.1) is 31.8 Å². The Labute approximate surface area is 210 Å². The van der Waals surface area contributed by atoms with Crippen LogP contribution in [0.2, 0.25) is 5.02 Å². The van der Waals surface area contributed by atoms with Crippen LogP contribution in [-0.4, -0.2) is 24.5 Å². The predicted octanol–water partition coefficient (Wildman–Crippen LogP) is 4.25. The highest BCUT2D eigenvalue weighted by molar-refractivity contribution is 14.1. The zero-order chi connectivity index (χ0) is 25.2. The van der Waals surface area contributed by atoms with Crippen molar-refractivity contribution in [3.8, 4) is 0 Å². The van der Waals surface area contributed by atoms with Crippen LogP contribution in [0.4, 0.5) is 32.8 Å². The molecule has 178 valence electrons. The molecule has 0 aliphatic heterocycles. The van der Waals surface area contributed by atoms with Gasteiger partial charge < -0.3 is 10.6 Å². The maximum absolute atomic E-state index is 15.6. The van der Waals surface area contributed by atoms with Gasteiger partial charge in [-0.3, -0.25) is 20.1 Å². The smallest absolute Gasteiger partial charge is 0.296 e. The van der Waals surface area contributed by atoms with Crippen LogP contribution < -0.4 is 21.3 Å². The molecule has 34 heavy (non-hydrogen) atoms. The van der Waals surface area contributed by atoms with E-state index in [4.69, 9.17) is 21.9 Å². The highest BCUT2D eigenvalue weighted by Crippen LogP contribution is 2.40. The van der Waals surface area contributed by atoms with E-state index in [1.54, 1.807) is 12.1 Å². The number of nitro benzene ring substituents is 1. The molecule has 0 aliphatic carbocycles. The van der Waals surface area contributed by atoms with Crippen molar-refractivity contribution < 1.29 is 27.7 Å². The minimum absolute atomic E-state index is 0.0898. The zero-order valence-electron chi connectivity index (χ0n) is 16.7. The number of hydrogen-bond acceptors (Lipinski definition) is 8. The largest absolute Gasteiger partial charge is 0.351 e. The van der Waals surface area contributed by atoms with E-state index in [1.807, 2.05) is 22.6 Å². The van der Waals surface area contributed by atoms with E-state index < -0.39 is 49.3 Å². The highest BCUT2D eigenvalue weighted by atomic mass is 127. The summed E-state index contributed by atoms with van der Waals surface area (Å²) < 4.78 is 39.3. The Bertz CT molecular complexity index is 1410. The molecule has 0 aromatic heterocycles. The molecule has 3 aromatic carbocycles. The van der Waals surface area contributed by atoms with Gasteiger partial charge in [-0.1, -0.05) is 11.6 Å². The maximum atomic E-state index is 15.6. The highest BCUT2D eigenvalue weighted by Gasteiger charge is 2.29. The molecule has 0 saturated heterocycles. The van der Waals surface area contributed by atoms with E-state index >= 15 is 4.39 Å². The third kappa shape index (κ3) is 5.53. The predicted molar refractivity (Wildman–Crippen MR) is 131 cm³/mol. The van der Waals surface area contributed by atoms with Gasteiger partial charge in [-0.05, 0) is 65.1 Å². The maximum Gasteiger partial charge on any atom is 0.296 e. The molecule has 11 nitrogen and oxygen atoms in total. The number of carbonyl (C=O) groups excluding carboxylic acids is 1. The number of amides is 1. The van der Waals surface area contributed by atoms with Crippen LogP contribution in [0.25, 0.3) is 0 Å². The molecule has 0 atom stereocenters. The summed E-state index contributed by atoms with van der Waals surface area (Å²) in [6.45, 7) is 0. The molecule has 6 N–H and O–H groups in total. The summed E-state index contributed by atoms with van der Waals surface area (Å²) in [4.78, 5) is 22.7. The summed E-state index contributed by atoms with van der Waals surface area (Å²) >= 11 is 8.18. The Balaban J connectivity index is 2.17. The summed E-state index contributed by atoms with van der Waals surface area (Å²) in [5.41, 5.74) is -0.946. The standard InChI is InChI=1S/C19H14ClFIN5O6S/c20-13-7-9(22)1-6-14(13)25-17-12(19(28)26-29)8-15(27(30)31)18(16(17)21)24-10-2-4-11(5-3-10)34(23,32)33/h1-8,24-25,29H,(H,26,28)(H2,23,32,33). The van der Waals surface area contributed by atoms with Crippen LogP contribution in [0.5, 0.6) is 0 Å². The summed E-state index contributed by atoms with van der Waals surface area (Å²) in [5, 5.41) is 31.1. The Hall–Kier alpha value is -3.05. The quantitative estimate of drug-likeness (QED) is 0.113. The van der Waals surface area contributed by atoms with E-state index in [0.717, 1.165) is 21.8 Å². The third-order valence-corrected chi connectivity index (χ3v) is 6.34. The first-order chi connectivity index (χ1) is 15.9. The number of hydroxylamine groups is 1. The summed E-state index contributed by atoms with van der Waals surface area (Å²) in [6.07, 6.45) is 0. The lowest BCUT2D eigenvalue weighted by Gasteiger charge is -2.17. The van der Waals surface area contributed by atoms with Crippen molar-refractivity contribution >= 4 is 78.6 Å². The number of halogens is 3. The van der Waals surface area contributed by atoms with Gasteiger partial charge in [0.2, 0.25) is 10.0 Å². The van der Waals surface area contributed by atoms with Gasteiger partial charge >= 0.3 is 0 Å². The number of nitrogens with one attached hydrogen (secondary N) is 3. The van der Waals surface area contributed by atoms with Crippen LogP contribution in [0.15, 0.2) is 53.4 Å². The first-order valence-electron chi connectivity index (χ1n) is 8.99. The molecule has 0 aliphatic rings. The summed E-state index contributed by atoms with van der Waals surface area (Å²) in [7, 11) is -3.99. The van der Waals surface area contributed by atoms with Crippen molar-refractivity contribution in [1.29, 1.82) is 0 Å². The van der Waals surface area contributed by atoms with Gasteiger partial charge in [0, 0.05) is 15.3 Å². The molecule has 0 saturated carbocycles. The molecule has 0 bridgehead atoms. The first-order valence-corrected chi connectivity index (χ1v) is 12.0. The second-order valence-electron chi connectivity index (χ2n) is 6.65. The Morgan fingerprint density at radius 2 is 1.76 bits per heavy atom.